The number of amides is 1. The van der Waals surface area contributed by atoms with Crippen molar-refractivity contribution in [2.24, 2.45) is 0 Å². The van der Waals surface area contributed by atoms with E-state index in [2.05, 4.69) is 11.1 Å². The second kappa shape index (κ2) is 9.16. The van der Waals surface area contributed by atoms with Crippen molar-refractivity contribution in [3.8, 4) is 11.8 Å². The lowest BCUT2D eigenvalue weighted by atomic mass is 10.0. The summed E-state index contributed by atoms with van der Waals surface area (Å²) >= 11 is 0. The molecule has 3 aromatic rings. The molecule has 1 aromatic heterocycles. The zero-order valence-corrected chi connectivity index (χ0v) is 18.2. The number of rotatable bonds is 5. The minimum Gasteiger partial charge on any atom is -0.497 e. The van der Waals surface area contributed by atoms with E-state index in [0.717, 1.165) is 16.7 Å². The number of hydrogen-bond donors (Lipinski definition) is 1. The molecule has 1 N–H and O–H groups in total. The van der Waals surface area contributed by atoms with Gasteiger partial charge < -0.3 is 15.0 Å². The molecule has 32 heavy (non-hydrogen) atoms. The van der Waals surface area contributed by atoms with E-state index in [-0.39, 0.29) is 17.7 Å². The Morgan fingerprint density at radius 2 is 1.97 bits per heavy atom. The van der Waals surface area contributed by atoms with Gasteiger partial charge in [0.15, 0.2) is 0 Å². The van der Waals surface area contributed by atoms with E-state index in [1.54, 1.807) is 13.2 Å². The Hall–Kier alpha value is -3.76. The zero-order chi connectivity index (χ0) is 22.7. The van der Waals surface area contributed by atoms with Gasteiger partial charge in [-0.15, -0.1) is 0 Å². The molecular formula is C25H25N5O2. The van der Waals surface area contributed by atoms with Crippen LogP contribution in [0, 0.1) is 16.7 Å². The molecule has 2 atom stereocenters. The monoisotopic (exact) mass is 427 g/mol. The first kappa shape index (κ1) is 21.5. The zero-order valence-electron chi connectivity index (χ0n) is 18.2. The Morgan fingerprint density at radius 1 is 1.19 bits per heavy atom. The Balaban J connectivity index is 1.50. The third kappa shape index (κ3) is 4.18. The maximum atomic E-state index is 12.8. The molecule has 1 fully saturated rings. The lowest BCUT2D eigenvalue weighted by molar-refractivity contribution is 0.0508. The van der Waals surface area contributed by atoms with Gasteiger partial charge in [0.05, 0.1) is 30.1 Å². The molecule has 7 nitrogen and oxygen atoms in total. The number of methoxy groups -OCH3 is 1. The Morgan fingerprint density at radius 3 is 2.66 bits per heavy atom. The summed E-state index contributed by atoms with van der Waals surface area (Å²) in [5, 5.41) is 19.5. The maximum absolute atomic E-state index is 12.8. The largest absolute Gasteiger partial charge is 0.497 e. The van der Waals surface area contributed by atoms with Gasteiger partial charge in [-0.2, -0.15) is 5.26 Å². The highest BCUT2D eigenvalue weighted by molar-refractivity contribution is 6.03. The number of nitrogens with zero attached hydrogens (tertiary/aromatic N) is 4. The normalized spacial score (nSPS) is 17.5. The van der Waals surface area contributed by atoms with Crippen LogP contribution in [0.4, 0.5) is 0 Å². The summed E-state index contributed by atoms with van der Waals surface area (Å²) in [5.74, 6) is 0.737. The predicted octanol–water partition coefficient (Wildman–Crippen LogP) is 3.35. The fourth-order valence-corrected chi connectivity index (χ4v) is 4.13. The molecule has 0 spiro atoms. The second-order valence-electron chi connectivity index (χ2n) is 7.90. The number of carbonyl (C=O) groups excluding carboxylic acids is 1. The minimum absolute atomic E-state index is 0.00712. The van der Waals surface area contributed by atoms with Crippen LogP contribution in [0.2, 0.25) is 0 Å². The topological polar surface area (TPSA) is 93.3 Å². The smallest absolute Gasteiger partial charge is 0.253 e. The summed E-state index contributed by atoms with van der Waals surface area (Å²) in [6.07, 6.45) is 0. The number of benzene rings is 2. The van der Waals surface area contributed by atoms with E-state index in [4.69, 9.17) is 10.1 Å². The number of hydrogen-bond acceptors (Lipinski definition) is 6. The van der Waals surface area contributed by atoms with Crippen LogP contribution in [0.25, 0.3) is 10.9 Å². The van der Waals surface area contributed by atoms with Crippen molar-refractivity contribution in [2.75, 3.05) is 26.7 Å². The summed E-state index contributed by atoms with van der Waals surface area (Å²) in [5.41, 5.74) is 2.05. The highest BCUT2D eigenvalue weighted by atomic mass is 16.5. The van der Waals surface area contributed by atoms with E-state index in [9.17, 15) is 10.1 Å². The minimum atomic E-state index is -0.734. The third-order valence-corrected chi connectivity index (χ3v) is 5.89. The highest BCUT2D eigenvalue weighted by Gasteiger charge is 2.34. The molecule has 2 heterocycles. The van der Waals surface area contributed by atoms with Gasteiger partial charge in [-0.1, -0.05) is 24.3 Å². The highest BCUT2D eigenvalue weighted by Crippen LogP contribution is 2.22. The van der Waals surface area contributed by atoms with Crippen LogP contribution in [0.1, 0.15) is 23.0 Å². The first-order chi connectivity index (χ1) is 15.5. The molecule has 1 aliphatic rings. The van der Waals surface area contributed by atoms with Gasteiger partial charge in [-0.05, 0) is 43.3 Å². The number of carbonyl (C=O) groups is 1. The van der Waals surface area contributed by atoms with Crippen molar-refractivity contribution in [3.05, 3.63) is 71.9 Å². The molecular weight excluding hydrogens is 402 g/mol. The molecule has 0 aliphatic carbocycles. The predicted molar refractivity (Wildman–Crippen MR) is 123 cm³/mol. The van der Waals surface area contributed by atoms with Crippen molar-refractivity contribution in [1.29, 1.82) is 10.7 Å². The summed E-state index contributed by atoms with van der Waals surface area (Å²) in [4.78, 5) is 21.2. The number of pyridine rings is 1. The average molecular weight is 428 g/mol. The molecule has 0 bridgehead atoms. The van der Waals surface area contributed by atoms with Crippen molar-refractivity contribution < 1.29 is 9.53 Å². The fraction of sp³-hybridized carbons (Fsp3) is 0.280. The molecule has 1 saturated heterocycles. The van der Waals surface area contributed by atoms with Crippen LogP contribution in [0.3, 0.4) is 0 Å². The Bertz CT molecular complexity index is 1190. The van der Waals surface area contributed by atoms with E-state index in [1.807, 2.05) is 71.3 Å². The Kier molecular flexibility index (Phi) is 6.15. The molecule has 0 radical (unpaired) electrons. The first-order valence-electron chi connectivity index (χ1n) is 10.5. The fourth-order valence-electron chi connectivity index (χ4n) is 4.13. The number of nitriles is 1. The quantitative estimate of drug-likeness (QED) is 0.631. The standard InChI is InChI=1S/C25H25N5O2/c1-17-16-29(25(31)18-6-4-3-5-7-18)12-13-30(17)23(15-26)24(27)22-10-8-19-14-20(32-2)9-11-21(19)28-22/h3-11,14,17,23,27H,12-13,16H2,1-2H3. The van der Waals surface area contributed by atoms with Gasteiger partial charge in [-0.25, -0.2) is 4.98 Å². The van der Waals surface area contributed by atoms with Crippen LogP contribution >= 0.6 is 0 Å². The SMILES string of the molecule is COc1ccc2nc(C(=N)C(C#N)N3CCN(C(=O)c4ccccc4)CC3C)ccc2c1. The van der Waals surface area contributed by atoms with Crippen LogP contribution < -0.4 is 4.74 Å². The number of piperazine rings is 1. The molecule has 1 amide bonds. The van der Waals surface area contributed by atoms with E-state index in [0.29, 0.717) is 30.9 Å². The van der Waals surface area contributed by atoms with E-state index < -0.39 is 6.04 Å². The van der Waals surface area contributed by atoms with Crippen molar-refractivity contribution >= 4 is 22.5 Å². The van der Waals surface area contributed by atoms with Gasteiger partial charge in [0.1, 0.15) is 11.8 Å². The van der Waals surface area contributed by atoms with Gasteiger partial charge in [-0.3, -0.25) is 9.69 Å². The number of nitrogens with one attached hydrogen (secondary N) is 1. The van der Waals surface area contributed by atoms with Gasteiger partial charge >= 0.3 is 0 Å². The maximum Gasteiger partial charge on any atom is 0.253 e. The first-order valence-corrected chi connectivity index (χ1v) is 10.5. The van der Waals surface area contributed by atoms with Gasteiger partial charge in [0, 0.05) is 36.6 Å². The molecule has 0 saturated carbocycles. The van der Waals surface area contributed by atoms with Crippen LogP contribution in [0.15, 0.2) is 60.7 Å². The number of ether oxygens (including phenoxy) is 1. The van der Waals surface area contributed by atoms with E-state index in [1.165, 1.54) is 0 Å². The number of fused-ring (bicyclic) bond motifs is 1. The van der Waals surface area contributed by atoms with E-state index >= 15 is 0 Å². The third-order valence-electron chi connectivity index (χ3n) is 5.89. The lowest BCUT2D eigenvalue weighted by Crippen LogP contribution is -2.58. The van der Waals surface area contributed by atoms with Crippen LogP contribution in [0.5, 0.6) is 5.75 Å². The average Bonchev–Trinajstić information content (AvgIpc) is 2.84. The summed E-state index contributed by atoms with van der Waals surface area (Å²) in [7, 11) is 1.62. The van der Waals surface area contributed by atoms with Crippen LogP contribution in [-0.4, -0.2) is 65.2 Å². The molecule has 2 aromatic carbocycles. The summed E-state index contributed by atoms with van der Waals surface area (Å²) < 4.78 is 5.25. The molecule has 2 unspecified atom stereocenters. The van der Waals surface area contributed by atoms with Gasteiger partial charge in [0.2, 0.25) is 0 Å². The second-order valence-corrected chi connectivity index (χ2v) is 7.90. The number of aromatic nitrogens is 1. The van der Waals surface area contributed by atoms with Crippen LogP contribution in [-0.2, 0) is 0 Å². The molecule has 7 heteroatoms. The molecule has 4 rings (SSSR count). The van der Waals surface area contributed by atoms with Crippen molar-refractivity contribution in [3.63, 3.8) is 0 Å². The lowest BCUT2D eigenvalue weighted by Gasteiger charge is -2.41. The van der Waals surface area contributed by atoms with Crippen molar-refractivity contribution in [1.82, 2.24) is 14.8 Å². The van der Waals surface area contributed by atoms with Gasteiger partial charge in [0.25, 0.3) is 5.91 Å². The molecule has 1 aliphatic heterocycles. The summed E-state index contributed by atoms with van der Waals surface area (Å²) in [6.45, 7) is 3.52. The Labute approximate surface area is 187 Å². The summed E-state index contributed by atoms with van der Waals surface area (Å²) in [6, 6.07) is 19.9. The van der Waals surface area contributed by atoms with Crippen molar-refractivity contribution in [2.45, 2.75) is 19.0 Å². The molecule has 162 valence electrons.